The van der Waals surface area contributed by atoms with E-state index in [-0.39, 0.29) is 11.8 Å². The fourth-order valence-corrected chi connectivity index (χ4v) is 2.20. The molecule has 2 aromatic rings. The molecule has 0 bridgehead atoms. The van der Waals surface area contributed by atoms with Crippen molar-refractivity contribution in [3.8, 4) is 0 Å². The van der Waals surface area contributed by atoms with Crippen LogP contribution in [0.3, 0.4) is 0 Å². The molecule has 2 nitrogen and oxygen atoms in total. The van der Waals surface area contributed by atoms with Crippen molar-refractivity contribution in [3.05, 3.63) is 65.2 Å². The molecule has 0 heterocycles. The average molecular weight is 288 g/mol. The van der Waals surface area contributed by atoms with E-state index < -0.39 is 0 Å². The molecule has 0 radical (unpaired) electrons. The van der Waals surface area contributed by atoms with Crippen molar-refractivity contribution in [2.24, 2.45) is 0 Å². The lowest BCUT2D eigenvalue weighted by atomic mass is 10.1. The van der Waals surface area contributed by atoms with Crippen LogP contribution >= 0.6 is 11.6 Å². The predicted octanol–water partition coefficient (Wildman–Crippen LogP) is 4.44. The fraction of sp³-hybridized carbons (Fsp3) is 0.235. The number of carbonyl (C=O) groups excluding carboxylic acids is 1. The molecule has 104 valence electrons. The van der Waals surface area contributed by atoms with Crippen molar-refractivity contribution in [1.82, 2.24) is 0 Å². The Morgan fingerprint density at radius 2 is 1.65 bits per heavy atom. The largest absolute Gasteiger partial charge is 0.361 e. The molecule has 0 aliphatic carbocycles. The molecule has 0 fully saturated rings. The topological polar surface area (TPSA) is 20.3 Å². The molecular weight excluding hydrogens is 270 g/mol. The Kier molecular flexibility index (Phi) is 4.80. The summed E-state index contributed by atoms with van der Waals surface area (Å²) >= 11 is 5.85. The molecule has 0 amide bonds. The molecule has 0 aliphatic heterocycles. The first kappa shape index (κ1) is 14.6. The van der Waals surface area contributed by atoms with Crippen molar-refractivity contribution in [2.75, 3.05) is 11.4 Å². The molecule has 0 saturated carbocycles. The van der Waals surface area contributed by atoms with Crippen LogP contribution in [0.1, 0.15) is 24.2 Å². The zero-order valence-electron chi connectivity index (χ0n) is 11.7. The second-order valence-corrected chi connectivity index (χ2v) is 5.42. The summed E-state index contributed by atoms with van der Waals surface area (Å²) in [6.45, 7) is 4.54. The van der Waals surface area contributed by atoms with Crippen LogP contribution in [0.2, 0.25) is 5.02 Å². The summed E-state index contributed by atoms with van der Waals surface area (Å²) in [4.78, 5) is 14.5. The first-order chi connectivity index (χ1) is 9.58. The van der Waals surface area contributed by atoms with Crippen LogP contribution in [0.15, 0.2) is 54.6 Å². The summed E-state index contributed by atoms with van der Waals surface area (Å²) in [5.74, 6) is 0.0965. The summed E-state index contributed by atoms with van der Waals surface area (Å²) in [6.07, 6.45) is 0. The average Bonchev–Trinajstić information content (AvgIpc) is 2.46. The van der Waals surface area contributed by atoms with Gasteiger partial charge in [-0.3, -0.25) is 4.79 Å². The van der Waals surface area contributed by atoms with Gasteiger partial charge >= 0.3 is 0 Å². The van der Waals surface area contributed by atoms with E-state index in [0.717, 1.165) is 5.69 Å². The van der Waals surface area contributed by atoms with Gasteiger partial charge in [-0.15, -0.1) is 0 Å². The van der Waals surface area contributed by atoms with E-state index in [1.165, 1.54) is 0 Å². The smallest absolute Gasteiger partial charge is 0.182 e. The molecule has 0 spiro atoms. The van der Waals surface area contributed by atoms with Crippen LogP contribution in [0, 0.1) is 0 Å². The summed E-state index contributed by atoms with van der Waals surface area (Å²) < 4.78 is 0. The van der Waals surface area contributed by atoms with Gasteiger partial charge < -0.3 is 4.90 Å². The molecule has 20 heavy (non-hydrogen) atoms. The lowest BCUT2D eigenvalue weighted by Gasteiger charge is -2.28. The molecule has 0 saturated heterocycles. The monoisotopic (exact) mass is 287 g/mol. The van der Waals surface area contributed by atoms with Crippen LogP contribution in [0.5, 0.6) is 0 Å². The Morgan fingerprint density at radius 3 is 2.20 bits per heavy atom. The molecule has 0 unspecified atom stereocenters. The Hall–Kier alpha value is -1.80. The number of hydrogen-bond donors (Lipinski definition) is 0. The second kappa shape index (κ2) is 6.58. The van der Waals surface area contributed by atoms with Gasteiger partial charge in [-0.05, 0) is 50.2 Å². The van der Waals surface area contributed by atoms with E-state index in [0.29, 0.717) is 17.1 Å². The highest BCUT2D eigenvalue weighted by Crippen LogP contribution is 2.18. The second-order valence-electron chi connectivity index (χ2n) is 4.99. The Balaban J connectivity index is 2.17. The van der Waals surface area contributed by atoms with E-state index in [1.54, 1.807) is 24.3 Å². The molecule has 0 aromatic heterocycles. The summed E-state index contributed by atoms with van der Waals surface area (Å²) in [7, 11) is 0. The highest BCUT2D eigenvalue weighted by Gasteiger charge is 2.15. The Morgan fingerprint density at radius 1 is 1.05 bits per heavy atom. The van der Waals surface area contributed by atoms with Crippen molar-refractivity contribution in [3.63, 3.8) is 0 Å². The van der Waals surface area contributed by atoms with Gasteiger partial charge in [0.05, 0.1) is 6.54 Å². The van der Waals surface area contributed by atoms with Gasteiger partial charge in [0.2, 0.25) is 0 Å². The minimum atomic E-state index is 0.0965. The standard InChI is InChI=1S/C17H18ClNO/c1-13(2)19(16-6-4-3-5-7-16)12-17(20)14-8-10-15(18)11-9-14/h3-11,13H,12H2,1-2H3. The minimum Gasteiger partial charge on any atom is -0.361 e. The van der Waals surface area contributed by atoms with E-state index in [4.69, 9.17) is 11.6 Å². The number of anilines is 1. The van der Waals surface area contributed by atoms with E-state index in [9.17, 15) is 4.79 Å². The van der Waals surface area contributed by atoms with Crippen LogP contribution in [-0.4, -0.2) is 18.4 Å². The zero-order valence-corrected chi connectivity index (χ0v) is 12.5. The van der Waals surface area contributed by atoms with Crippen molar-refractivity contribution >= 4 is 23.1 Å². The highest BCUT2D eigenvalue weighted by molar-refractivity contribution is 6.30. The summed E-state index contributed by atoms with van der Waals surface area (Å²) in [6, 6.07) is 17.3. The maximum Gasteiger partial charge on any atom is 0.182 e. The van der Waals surface area contributed by atoms with Gasteiger partial charge in [-0.2, -0.15) is 0 Å². The molecule has 3 heteroatoms. The van der Waals surface area contributed by atoms with E-state index >= 15 is 0 Å². The summed E-state index contributed by atoms with van der Waals surface area (Å²) in [5.41, 5.74) is 1.75. The van der Waals surface area contributed by atoms with Gasteiger partial charge in [-0.1, -0.05) is 29.8 Å². The lowest BCUT2D eigenvalue weighted by Crippen LogP contribution is -2.35. The van der Waals surface area contributed by atoms with Gasteiger partial charge in [0.25, 0.3) is 0 Å². The summed E-state index contributed by atoms with van der Waals surface area (Å²) in [5, 5.41) is 0.644. The molecular formula is C17H18ClNO. The van der Waals surface area contributed by atoms with Crippen LogP contribution < -0.4 is 4.90 Å². The molecule has 0 atom stereocenters. The van der Waals surface area contributed by atoms with Crippen molar-refractivity contribution in [1.29, 1.82) is 0 Å². The predicted molar refractivity (Wildman–Crippen MR) is 84.7 cm³/mol. The maximum absolute atomic E-state index is 12.4. The first-order valence-corrected chi connectivity index (χ1v) is 7.06. The Bertz CT molecular complexity index is 563. The third kappa shape index (κ3) is 3.61. The lowest BCUT2D eigenvalue weighted by molar-refractivity contribution is 0.0997. The number of hydrogen-bond acceptors (Lipinski definition) is 2. The minimum absolute atomic E-state index is 0.0965. The number of para-hydroxylation sites is 1. The van der Waals surface area contributed by atoms with Crippen LogP contribution in [-0.2, 0) is 0 Å². The molecule has 0 N–H and O–H groups in total. The van der Waals surface area contributed by atoms with Crippen LogP contribution in [0.25, 0.3) is 0 Å². The van der Waals surface area contributed by atoms with Crippen molar-refractivity contribution < 1.29 is 4.79 Å². The number of benzene rings is 2. The number of ketones is 1. The molecule has 0 aliphatic rings. The SMILES string of the molecule is CC(C)N(CC(=O)c1ccc(Cl)cc1)c1ccccc1. The number of carbonyl (C=O) groups is 1. The number of halogens is 1. The Labute approximate surface area is 125 Å². The van der Waals surface area contributed by atoms with Crippen LogP contribution in [0.4, 0.5) is 5.69 Å². The number of nitrogens with zero attached hydrogens (tertiary/aromatic N) is 1. The van der Waals surface area contributed by atoms with E-state index in [2.05, 4.69) is 18.7 Å². The normalized spacial score (nSPS) is 10.6. The maximum atomic E-state index is 12.4. The first-order valence-electron chi connectivity index (χ1n) is 6.68. The van der Waals surface area contributed by atoms with Gasteiger partial charge in [0.15, 0.2) is 5.78 Å². The van der Waals surface area contributed by atoms with Gasteiger partial charge in [0, 0.05) is 22.3 Å². The van der Waals surface area contributed by atoms with Crippen molar-refractivity contribution in [2.45, 2.75) is 19.9 Å². The zero-order chi connectivity index (χ0) is 14.5. The van der Waals surface area contributed by atoms with Gasteiger partial charge in [-0.25, -0.2) is 0 Å². The quantitative estimate of drug-likeness (QED) is 0.758. The molecule has 2 aromatic carbocycles. The third-order valence-corrected chi connectivity index (χ3v) is 3.44. The highest BCUT2D eigenvalue weighted by atomic mass is 35.5. The molecule has 2 rings (SSSR count). The third-order valence-electron chi connectivity index (χ3n) is 3.19. The number of Topliss-reactive ketones (excluding diaryl/α,β-unsaturated/α-hetero) is 1. The van der Waals surface area contributed by atoms with Gasteiger partial charge in [0.1, 0.15) is 0 Å². The van der Waals surface area contributed by atoms with E-state index in [1.807, 2.05) is 30.3 Å². The number of rotatable bonds is 5. The fourth-order valence-electron chi connectivity index (χ4n) is 2.07.